The summed E-state index contributed by atoms with van der Waals surface area (Å²) in [5.41, 5.74) is 1.59. The molecule has 0 spiro atoms. The second-order valence-corrected chi connectivity index (χ2v) is 8.43. The van der Waals surface area contributed by atoms with E-state index in [0.29, 0.717) is 0 Å². The van der Waals surface area contributed by atoms with Gasteiger partial charge >= 0.3 is 0 Å². The van der Waals surface area contributed by atoms with Crippen molar-refractivity contribution < 1.29 is 4.74 Å². The van der Waals surface area contributed by atoms with Gasteiger partial charge in [0.15, 0.2) is 0 Å². The Morgan fingerprint density at radius 2 is 1.89 bits per heavy atom. The van der Waals surface area contributed by atoms with Gasteiger partial charge in [-0.25, -0.2) is 4.98 Å². The van der Waals surface area contributed by atoms with E-state index in [1.165, 1.54) is 5.01 Å². The summed E-state index contributed by atoms with van der Waals surface area (Å²) in [6, 6.07) is 0. The average molecular weight is 282 g/mol. The van der Waals surface area contributed by atoms with E-state index in [0.717, 1.165) is 25.5 Å². The molecule has 1 aliphatic heterocycles. The normalized spacial score (nSPS) is 19.3. The highest BCUT2D eigenvalue weighted by Crippen LogP contribution is 2.36. The first kappa shape index (κ1) is 14.9. The molecule has 2 rings (SSSR count). The highest BCUT2D eigenvalue weighted by molar-refractivity contribution is 7.09. The molecule has 108 valence electrons. The molecule has 0 amide bonds. The number of nitrogens with zero attached hydrogens (tertiary/aromatic N) is 1. The Bertz CT molecular complexity index is 436. The highest BCUT2D eigenvalue weighted by Gasteiger charge is 2.47. The molecule has 1 saturated heterocycles. The lowest BCUT2D eigenvalue weighted by Crippen LogP contribution is -2.67. The van der Waals surface area contributed by atoms with Crippen molar-refractivity contribution in [1.82, 2.24) is 10.3 Å². The van der Waals surface area contributed by atoms with Gasteiger partial charge in [0.1, 0.15) is 0 Å². The number of aromatic nitrogens is 1. The Morgan fingerprint density at radius 3 is 2.26 bits per heavy atom. The lowest BCUT2D eigenvalue weighted by molar-refractivity contribution is -0.128. The molecule has 0 atom stereocenters. The standard InChI is InChI=1S/C15H26N2OS/c1-13(2,3)12-17-11(8-19-12)7-16-15(9-18-10-15)14(4,5)6/h8,16H,7,9-10H2,1-6H3. The summed E-state index contributed by atoms with van der Waals surface area (Å²) in [6.45, 7) is 15.9. The predicted octanol–water partition coefficient (Wildman–Crippen LogP) is 3.35. The molecule has 0 aliphatic carbocycles. The van der Waals surface area contributed by atoms with E-state index in [2.05, 4.69) is 52.2 Å². The summed E-state index contributed by atoms with van der Waals surface area (Å²) < 4.78 is 5.43. The highest BCUT2D eigenvalue weighted by atomic mass is 32.1. The maximum absolute atomic E-state index is 5.43. The van der Waals surface area contributed by atoms with Crippen LogP contribution in [0, 0.1) is 5.41 Å². The number of nitrogens with one attached hydrogen (secondary N) is 1. The van der Waals surface area contributed by atoms with Gasteiger partial charge in [0, 0.05) is 17.3 Å². The van der Waals surface area contributed by atoms with Crippen molar-refractivity contribution in [3.63, 3.8) is 0 Å². The van der Waals surface area contributed by atoms with Gasteiger partial charge in [0.2, 0.25) is 0 Å². The van der Waals surface area contributed by atoms with Crippen molar-refractivity contribution in [1.29, 1.82) is 0 Å². The zero-order chi connectivity index (χ0) is 14.3. The second kappa shape index (κ2) is 4.83. The van der Waals surface area contributed by atoms with Crippen LogP contribution in [0.3, 0.4) is 0 Å². The smallest absolute Gasteiger partial charge is 0.0982 e. The van der Waals surface area contributed by atoms with Crippen molar-refractivity contribution in [3.05, 3.63) is 16.1 Å². The fourth-order valence-corrected chi connectivity index (χ4v) is 3.01. The minimum Gasteiger partial charge on any atom is -0.377 e. The minimum absolute atomic E-state index is 0.0957. The first-order valence-electron chi connectivity index (χ1n) is 6.92. The van der Waals surface area contributed by atoms with Crippen LogP contribution < -0.4 is 5.32 Å². The van der Waals surface area contributed by atoms with Crippen LogP contribution in [-0.2, 0) is 16.7 Å². The third-order valence-corrected chi connectivity index (χ3v) is 5.25. The maximum Gasteiger partial charge on any atom is 0.0982 e. The number of ether oxygens (including phenoxy) is 1. The summed E-state index contributed by atoms with van der Waals surface area (Å²) in [4.78, 5) is 4.74. The Balaban J connectivity index is 2.01. The molecule has 3 nitrogen and oxygen atoms in total. The molecule has 0 radical (unpaired) electrons. The zero-order valence-corrected chi connectivity index (χ0v) is 13.8. The van der Waals surface area contributed by atoms with Gasteiger partial charge in [-0.05, 0) is 5.41 Å². The van der Waals surface area contributed by atoms with Crippen molar-refractivity contribution in [2.75, 3.05) is 13.2 Å². The molecule has 1 aromatic rings. The van der Waals surface area contributed by atoms with Crippen LogP contribution in [0.25, 0.3) is 0 Å². The average Bonchev–Trinajstić information content (AvgIpc) is 2.61. The first-order chi connectivity index (χ1) is 8.64. The van der Waals surface area contributed by atoms with Crippen LogP contribution in [0.4, 0.5) is 0 Å². The summed E-state index contributed by atoms with van der Waals surface area (Å²) in [7, 11) is 0. The van der Waals surface area contributed by atoms with E-state index in [9.17, 15) is 0 Å². The van der Waals surface area contributed by atoms with Crippen molar-refractivity contribution in [3.8, 4) is 0 Å². The fourth-order valence-electron chi connectivity index (χ4n) is 2.10. The number of thiazole rings is 1. The monoisotopic (exact) mass is 282 g/mol. The van der Waals surface area contributed by atoms with Gasteiger partial charge in [-0.1, -0.05) is 41.5 Å². The Labute approximate surface area is 120 Å². The molecule has 0 unspecified atom stereocenters. The molecule has 0 aromatic carbocycles. The molecule has 0 bridgehead atoms. The summed E-state index contributed by atoms with van der Waals surface area (Å²) in [5, 5.41) is 7.05. The number of hydrogen-bond acceptors (Lipinski definition) is 4. The molecular formula is C15H26N2OS. The molecule has 4 heteroatoms. The number of hydrogen-bond donors (Lipinski definition) is 1. The van der Waals surface area contributed by atoms with Gasteiger partial charge in [-0.15, -0.1) is 11.3 Å². The third kappa shape index (κ3) is 3.01. The quantitative estimate of drug-likeness (QED) is 0.923. The fraction of sp³-hybridized carbons (Fsp3) is 0.800. The molecule has 2 heterocycles. The lowest BCUT2D eigenvalue weighted by atomic mass is 9.72. The van der Waals surface area contributed by atoms with Crippen LogP contribution >= 0.6 is 11.3 Å². The largest absolute Gasteiger partial charge is 0.377 e. The van der Waals surface area contributed by atoms with Crippen LogP contribution in [0.1, 0.15) is 52.2 Å². The molecule has 1 aromatic heterocycles. The Hall–Kier alpha value is -0.450. The SMILES string of the molecule is CC(C)(C)c1nc(CNC2(C(C)(C)C)COC2)cs1. The molecule has 1 fully saturated rings. The first-order valence-corrected chi connectivity index (χ1v) is 7.80. The van der Waals surface area contributed by atoms with E-state index in [-0.39, 0.29) is 16.4 Å². The van der Waals surface area contributed by atoms with Crippen molar-refractivity contribution >= 4 is 11.3 Å². The lowest BCUT2D eigenvalue weighted by Gasteiger charge is -2.51. The molecule has 1 aliphatic rings. The minimum atomic E-state index is 0.0957. The van der Waals surface area contributed by atoms with E-state index in [4.69, 9.17) is 9.72 Å². The predicted molar refractivity (Wildman–Crippen MR) is 80.7 cm³/mol. The Kier molecular flexibility index (Phi) is 3.80. The molecule has 0 saturated carbocycles. The van der Waals surface area contributed by atoms with Crippen LogP contribution in [0.5, 0.6) is 0 Å². The summed E-state index contributed by atoms with van der Waals surface area (Å²) in [6.07, 6.45) is 0. The van der Waals surface area contributed by atoms with E-state index in [1.807, 2.05) is 0 Å². The molecular weight excluding hydrogens is 256 g/mol. The maximum atomic E-state index is 5.43. The zero-order valence-electron chi connectivity index (χ0n) is 13.0. The van der Waals surface area contributed by atoms with Gasteiger partial charge in [0.05, 0.1) is 29.5 Å². The van der Waals surface area contributed by atoms with E-state index < -0.39 is 0 Å². The van der Waals surface area contributed by atoms with Gasteiger partial charge in [-0.3, -0.25) is 0 Å². The number of rotatable bonds is 3. The summed E-state index contributed by atoms with van der Waals surface area (Å²) >= 11 is 1.76. The molecule has 1 N–H and O–H groups in total. The topological polar surface area (TPSA) is 34.2 Å². The summed E-state index contributed by atoms with van der Waals surface area (Å²) in [5.74, 6) is 0. The Morgan fingerprint density at radius 1 is 1.26 bits per heavy atom. The second-order valence-electron chi connectivity index (χ2n) is 7.57. The van der Waals surface area contributed by atoms with Crippen molar-refractivity contribution in [2.45, 2.75) is 59.0 Å². The third-order valence-electron chi connectivity index (χ3n) is 3.93. The van der Waals surface area contributed by atoms with Crippen molar-refractivity contribution in [2.24, 2.45) is 5.41 Å². The van der Waals surface area contributed by atoms with Crippen LogP contribution in [0.2, 0.25) is 0 Å². The molecule has 19 heavy (non-hydrogen) atoms. The van der Waals surface area contributed by atoms with Gasteiger partial charge in [0.25, 0.3) is 0 Å². The van der Waals surface area contributed by atoms with Gasteiger partial charge < -0.3 is 10.1 Å². The van der Waals surface area contributed by atoms with Crippen LogP contribution in [-0.4, -0.2) is 23.7 Å². The van der Waals surface area contributed by atoms with E-state index >= 15 is 0 Å². The van der Waals surface area contributed by atoms with Crippen LogP contribution in [0.15, 0.2) is 5.38 Å². The van der Waals surface area contributed by atoms with Gasteiger partial charge in [-0.2, -0.15) is 0 Å². The van der Waals surface area contributed by atoms with E-state index in [1.54, 1.807) is 11.3 Å².